The van der Waals surface area contributed by atoms with E-state index in [0.717, 1.165) is 29.7 Å². The van der Waals surface area contributed by atoms with Crippen LogP contribution in [0.1, 0.15) is 53.4 Å². The lowest BCUT2D eigenvalue weighted by molar-refractivity contribution is -0.113. The summed E-state index contributed by atoms with van der Waals surface area (Å²) in [5, 5.41) is 4.23. The van der Waals surface area contributed by atoms with Gasteiger partial charge < -0.3 is 10.1 Å². The number of ether oxygens (including phenoxy) is 1. The summed E-state index contributed by atoms with van der Waals surface area (Å²) in [5.74, 6) is 0.0943. The summed E-state index contributed by atoms with van der Waals surface area (Å²) >= 11 is 8.83. The number of hydrogen-bond acceptors (Lipinski definition) is 5. The number of esters is 1. The molecule has 0 bridgehead atoms. The van der Waals surface area contributed by atoms with Crippen LogP contribution in [0.2, 0.25) is 5.02 Å². The van der Waals surface area contributed by atoms with Gasteiger partial charge in [0.2, 0.25) is 5.91 Å². The molecule has 27 heavy (non-hydrogen) atoms. The van der Waals surface area contributed by atoms with Crippen LogP contribution in [0.3, 0.4) is 0 Å². The Morgan fingerprint density at radius 1 is 1.33 bits per heavy atom. The molecule has 0 radical (unpaired) electrons. The van der Waals surface area contributed by atoms with Crippen molar-refractivity contribution in [1.82, 2.24) is 0 Å². The Morgan fingerprint density at radius 3 is 2.78 bits per heavy atom. The van der Waals surface area contributed by atoms with Crippen molar-refractivity contribution in [3.8, 4) is 0 Å². The van der Waals surface area contributed by atoms with Gasteiger partial charge >= 0.3 is 5.97 Å². The molecule has 1 aliphatic rings. The Morgan fingerprint density at radius 2 is 2.07 bits per heavy atom. The second-order valence-electron chi connectivity index (χ2n) is 6.45. The van der Waals surface area contributed by atoms with Crippen LogP contribution in [0.4, 0.5) is 5.00 Å². The van der Waals surface area contributed by atoms with Gasteiger partial charge in [0.15, 0.2) is 0 Å². The Bertz CT molecular complexity index is 832. The van der Waals surface area contributed by atoms with Gasteiger partial charge in [-0.05, 0) is 61.9 Å². The molecule has 3 rings (SSSR count). The lowest BCUT2D eigenvalue weighted by atomic mass is 9.86. The molecule has 1 atom stereocenters. The van der Waals surface area contributed by atoms with Crippen LogP contribution in [0.25, 0.3) is 0 Å². The first-order valence-electron chi connectivity index (χ1n) is 9.00. The zero-order valence-electron chi connectivity index (χ0n) is 15.3. The smallest absolute Gasteiger partial charge is 0.341 e. The third kappa shape index (κ3) is 4.86. The Balaban J connectivity index is 1.76. The molecule has 1 heterocycles. The van der Waals surface area contributed by atoms with E-state index in [1.165, 1.54) is 28.0 Å². The SMILES string of the molecule is CCOC(=O)c1c(NC(=O)CSc2ccc(Cl)cc2)sc2c1C(C)CCC2. The maximum absolute atomic E-state index is 12.6. The van der Waals surface area contributed by atoms with Crippen molar-refractivity contribution >= 4 is 51.6 Å². The molecule has 2 aromatic rings. The van der Waals surface area contributed by atoms with E-state index in [2.05, 4.69) is 12.2 Å². The summed E-state index contributed by atoms with van der Waals surface area (Å²) < 4.78 is 5.26. The van der Waals surface area contributed by atoms with Crippen LogP contribution in [0.5, 0.6) is 0 Å². The zero-order valence-corrected chi connectivity index (χ0v) is 17.7. The number of rotatable bonds is 6. The van der Waals surface area contributed by atoms with Crippen molar-refractivity contribution < 1.29 is 14.3 Å². The van der Waals surface area contributed by atoms with E-state index in [0.29, 0.717) is 28.1 Å². The number of anilines is 1. The number of nitrogens with one attached hydrogen (secondary N) is 1. The van der Waals surface area contributed by atoms with E-state index in [9.17, 15) is 9.59 Å². The highest BCUT2D eigenvalue weighted by Crippen LogP contribution is 2.43. The number of fused-ring (bicyclic) bond motifs is 1. The number of thioether (sulfide) groups is 1. The molecule has 4 nitrogen and oxygen atoms in total. The van der Waals surface area contributed by atoms with Gasteiger partial charge in [-0.2, -0.15) is 0 Å². The van der Waals surface area contributed by atoms with E-state index in [1.807, 2.05) is 12.1 Å². The maximum Gasteiger partial charge on any atom is 0.341 e. The third-order valence-electron chi connectivity index (χ3n) is 4.47. The van der Waals surface area contributed by atoms with Gasteiger partial charge in [0, 0.05) is 14.8 Å². The van der Waals surface area contributed by atoms with Crippen molar-refractivity contribution in [3.63, 3.8) is 0 Å². The first kappa shape index (κ1) is 20.2. The average molecular weight is 424 g/mol. The molecule has 0 aliphatic heterocycles. The number of hydrogen-bond donors (Lipinski definition) is 1. The van der Waals surface area contributed by atoms with Crippen molar-refractivity contribution in [1.29, 1.82) is 0 Å². The largest absolute Gasteiger partial charge is 0.462 e. The van der Waals surface area contributed by atoms with Crippen LogP contribution in [-0.2, 0) is 16.0 Å². The van der Waals surface area contributed by atoms with Crippen molar-refractivity contribution in [2.75, 3.05) is 17.7 Å². The van der Waals surface area contributed by atoms with E-state index >= 15 is 0 Å². The Kier molecular flexibility index (Phi) is 6.84. The first-order chi connectivity index (χ1) is 13.0. The molecular formula is C20H22ClNO3S2. The first-order valence-corrected chi connectivity index (χ1v) is 11.2. The molecule has 144 valence electrons. The fourth-order valence-electron chi connectivity index (χ4n) is 3.25. The average Bonchev–Trinajstić information content (AvgIpc) is 3.01. The standard InChI is InChI=1S/C20H22ClNO3S2/c1-3-25-20(24)18-17-12(2)5-4-6-15(17)27-19(18)22-16(23)11-26-14-9-7-13(21)8-10-14/h7-10,12H,3-6,11H2,1-2H3,(H,22,23). The highest BCUT2D eigenvalue weighted by Gasteiger charge is 2.30. The molecule has 0 saturated heterocycles. The molecule has 1 aromatic carbocycles. The normalized spacial score (nSPS) is 15.9. The van der Waals surface area contributed by atoms with E-state index in [-0.39, 0.29) is 17.6 Å². The summed E-state index contributed by atoms with van der Waals surface area (Å²) in [4.78, 5) is 27.2. The highest BCUT2D eigenvalue weighted by molar-refractivity contribution is 8.00. The summed E-state index contributed by atoms with van der Waals surface area (Å²) in [6.07, 6.45) is 3.11. The minimum atomic E-state index is -0.343. The third-order valence-corrected chi connectivity index (χ3v) is 6.92. The monoisotopic (exact) mass is 423 g/mol. The Hall–Kier alpha value is -1.50. The second-order valence-corrected chi connectivity index (χ2v) is 9.04. The number of aryl methyl sites for hydroxylation is 1. The maximum atomic E-state index is 12.6. The summed E-state index contributed by atoms with van der Waals surface area (Å²) in [7, 11) is 0. The summed E-state index contributed by atoms with van der Waals surface area (Å²) in [6, 6.07) is 7.37. The second kappa shape index (κ2) is 9.13. The van der Waals surface area contributed by atoms with Gasteiger partial charge in [0.25, 0.3) is 0 Å². The van der Waals surface area contributed by atoms with Gasteiger partial charge in [-0.25, -0.2) is 4.79 Å². The number of halogens is 1. The minimum absolute atomic E-state index is 0.133. The molecule has 0 fully saturated rings. The molecule has 0 saturated carbocycles. The van der Waals surface area contributed by atoms with Gasteiger partial charge in [-0.1, -0.05) is 18.5 Å². The molecular weight excluding hydrogens is 402 g/mol. The predicted octanol–water partition coefficient (Wildman–Crippen LogP) is 5.75. The van der Waals surface area contributed by atoms with Crippen LogP contribution < -0.4 is 5.32 Å². The van der Waals surface area contributed by atoms with Gasteiger partial charge in [0.05, 0.1) is 17.9 Å². The summed E-state index contributed by atoms with van der Waals surface area (Å²) in [5.41, 5.74) is 1.61. The Labute approximate surface area is 172 Å². The quantitative estimate of drug-likeness (QED) is 0.474. The molecule has 1 unspecified atom stereocenters. The van der Waals surface area contributed by atoms with Crippen molar-refractivity contribution in [2.24, 2.45) is 0 Å². The molecule has 1 aromatic heterocycles. The van der Waals surface area contributed by atoms with Gasteiger partial charge in [0.1, 0.15) is 5.00 Å². The number of amides is 1. The van der Waals surface area contributed by atoms with Crippen LogP contribution in [0, 0.1) is 0 Å². The summed E-state index contributed by atoms with van der Waals surface area (Å²) in [6.45, 7) is 4.24. The lowest BCUT2D eigenvalue weighted by Gasteiger charge is -2.19. The van der Waals surface area contributed by atoms with E-state index in [1.54, 1.807) is 19.1 Å². The van der Waals surface area contributed by atoms with Crippen molar-refractivity contribution in [2.45, 2.75) is 43.9 Å². The molecule has 0 spiro atoms. The lowest BCUT2D eigenvalue weighted by Crippen LogP contribution is -2.17. The highest BCUT2D eigenvalue weighted by atomic mass is 35.5. The number of carbonyl (C=O) groups is 2. The van der Waals surface area contributed by atoms with Gasteiger partial charge in [-0.15, -0.1) is 23.1 Å². The number of thiophene rings is 1. The minimum Gasteiger partial charge on any atom is -0.462 e. The van der Waals surface area contributed by atoms with Gasteiger partial charge in [-0.3, -0.25) is 4.79 Å². The van der Waals surface area contributed by atoms with E-state index in [4.69, 9.17) is 16.3 Å². The number of benzene rings is 1. The fraction of sp³-hybridized carbons (Fsp3) is 0.400. The molecule has 1 aliphatic carbocycles. The topological polar surface area (TPSA) is 55.4 Å². The van der Waals surface area contributed by atoms with Crippen LogP contribution in [-0.4, -0.2) is 24.2 Å². The number of carbonyl (C=O) groups excluding carboxylic acids is 2. The predicted molar refractivity (Wildman–Crippen MR) is 112 cm³/mol. The van der Waals surface area contributed by atoms with Crippen molar-refractivity contribution in [3.05, 3.63) is 45.3 Å². The van der Waals surface area contributed by atoms with Crippen LogP contribution >= 0.6 is 34.7 Å². The molecule has 1 N–H and O–H groups in total. The van der Waals surface area contributed by atoms with E-state index < -0.39 is 0 Å². The molecule has 7 heteroatoms. The molecule has 1 amide bonds. The zero-order chi connectivity index (χ0) is 19.4. The fourth-order valence-corrected chi connectivity index (χ4v) is 5.44. The van der Waals surface area contributed by atoms with Crippen LogP contribution in [0.15, 0.2) is 29.2 Å².